The number of hydrogen-bond donors (Lipinski definition) is 1. The van der Waals surface area contributed by atoms with E-state index in [0.717, 1.165) is 18.8 Å². The minimum atomic E-state index is -0.121. The number of likely N-dealkylation sites (N-methyl/N-ethyl adjacent to an activating group) is 2. The molecule has 0 saturated heterocycles. The maximum atomic E-state index is 11.6. The fourth-order valence-corrected chi connectivity index (χ4v) is 1.83. The van der Waals surface area contributed by atoms with Gasteiger partial charge in [0.1, 0.15) is 4.47 Å². The highest BCUT2D eigenvalue weighted by Gasteiger charge is 2.10. The van der Waals surface area contributed by atoms with Crippen LogP contribution in [0.4, 0.5) is 5.69 Å². The van der Waals surface area contributed by atoms with Gasteiger partial charge in [0, 0.05) is 27.2 Å². The average Bonchev–Trinajstić information content (AvgIpc) is 2.23. The van der Waals surface area contributed by atoms with Gasteiger partial charge in [-0.1, -0.05) is 0 Å². The number of aromatic nitrogens is 2. The van der Waals surface area contributed by atoms with Crippen molar-refractivity contribution in [3.63, 3.8) is 0 Å². The Balaban J connectivity index is 2.95. The van der Waals surface area contributed by atoms with Crippen LogP contribution in [0.3, 0.4) is 0 Å². The lowest BCUT2D eigenvalue weighted by atomic mass is 10.4. The lowest BCUT2D eigenvalue weighted by molar-refractivity contribution is 0.694. The minimum absolute atomic E-state index is 0.121. The molecule has 0 fully saturated rings. The van der Waals surface area contributed by atoms with Gasteiger partial charge in [0.05, 0.1) is 11.9 Å². The molecule has 1 N–H and O–H groups in total. The molecule has 84 valence electrons. The van der Waals surface area contributed by atoms with E-state index >= 15 is 0 Å². The Morgan fingerprint density at radius 1 is 1.67 bits per heavy atom. The third-order valence-corrected chi connectivity index (χ3v) is 2.91. The quantitative estimate of drug-likeness (QED) is 0.852. The molecular weight excluding hydrogens is 260 g/mol. The zero-order valence-electron chi connectivity index (χ0n) is 9.12. The number of nitrogens with one attached hydrogen (secondary N) is 1. The van der Waals surface area contributed by atoms with E-state index in [1.165, 1.54) is 4.68 Å². The van der Waals surface area contributed by atoms with Crippen LogP contribution in [-0.4, -0.2) is 37.0 Å². The molecule has 0 aliphatic heterocycles. The topological polar surface area (TPSA) is 50.2 Å². The molecule has 0 aliphatic rings. The van der Waals surface area contributed by atoms with Crippen LogP contribution in [0.5, 0.6) is 0 Å². The molecule has 15 heavy (non-hydrogen) atoms. The maximum Gasteiger partial charge on any atom is 0.282 e. The van der Waals surface area contributed by atoms with Crippen LogP contribution in [-0.2, 0) is 7.05 Å². The number of rotatable bonds is 4. The number of anilines is 1. The monoisotopic (exact) mass is 274 g/mol. The van der Waals surface area contributed by atoms with Crippen molar-refractivity contribution in [2.45, 2.75) is 0 Å². The minimum Gasteiger partial charge on any atom is -0.371 e. The Labute approximate surface area is 97.2 Å². The first-order valence-electron chi connectivity index (χ1n) is 4.65. The zero-order valence-corrected chi connectivity index (χ0v) is 10.7. The van der Waals surface area contributed by atoms with Crippen molar-refractivity contribution in [1.82, 2.24) is 15.1 Å². The van der Waals surface area contributed by atoms with E-state index in [2.05, 4.69) is 26.3 Å². The first kappa shape index (κ1) is 12.2. The summed E-state index contributed by atoms with van der Waals surface area (Å²) in [6.07, 6.45) is 1.68. The Morgan fingerprint density at radius 2 is 2.33 bits per heavy atom. The molecular formula is C9H15BrN4O. The van der Waals surface area contributed by atoms with E-state index in [-0.39, 0.29) is 5.56 Å². The number of aryl methyl sites for hydroxylation is 1. The van der Waals surface area contributed by atoms with E-state index in [1.807, 2.05) is 19.0 Å². The molecule has 6 heteroatoms. The predicted octanol–water partition coefficient (Wildman–Crippen LogP) is 0.198. The molecule has 0 unspecified atom stereocenters. The maximum absolute atomic E-state index is 11.6. The lowest BCUT2D eigenvalue weighted by Gasteiger charge is -2.19. The second kappa shape index (κ2) is 5.27. The lowest BCUT2D eigenvalue weighted by Crippen LogP contribution is -2.30. The smallest absolute Gasteiger partial charge is 0.282 e. The first-order valence-corrected chi connectivity index (χ1v) is 5.44. The Bertz CT molecular complexity index is 390. The first-order chi connectivity index (χ1) is 7.07. The third kappa shape index (κ3) is 2.79. The largest absolute Gasteiger partial charge is 0.371 e. The molecule has 1 rings (SSSR count). The molecule has 1 heterocycles. The van der Waals surface area contributed by atoms with Crippen molar-refractivity contribution < 1.29 is 0 Å². The van der Waals surface area contributed by atoms with Gasteiger partial charge in [-0.25, -0.2) is 4.68 Å². The average molecular weight is 275 g/mol. The van der Waals surface area contributed by atoms with Crippen molar-refractivity contribution in [3.05, 3.63) is 21.0 Å². The Morgan fingerprint density at radius 3 is 2.93 bits per heavy atom. The van der Waals surface area contributed by atoms with Crippen molar-refractivity contribution in [1.29, 1.82) is 0 Å². The highest BCUT2D eigenvalue weighted by Crippen LogP contribution is 2.19. The summed E-state index contributed by atoms with van der Waals surface area (Å²) in [5.41, 5.74) is 0.692. The van der Waals surface area contributed by atoms with E-state index in [1.54, 1.807) is 13.2 Å². The second-order valence-corrected chi connectivity index (χ2v) is 4.09. The fraction of sp³-hybridized carbons (Fsp3) is 0.556. The zero-order chi connectivity index (χ0) is 11.4. The molecule has 0 aliphatic carbocycles. The van der Waals surface area contributed by atoms with Gasteiger partial charge in [-0.05, 0) is 23.0 Å². The van der Waals surface area contributed by atoms with Gasteiger partial charge in [-0.3, -0.25) is 4.79 Å². The number of hydrogen-bond acceptors (Lipinski definition) is 4. The van der Waals surface area contributed by atoms with Crippen LogP contribution in [0.15, 0.2) is 15.5 Å². The van der Waals surface area contributed by atoms with Crippen molar-refractivity contribution in [2.24, 2.45) is 7.05 Å². The van der Waals surface area contributed by atoms with Gasteiger partial charge in [-0.2, -0.15) is 5.10 Å². The van der Waals surface area contributed by atoms with Gasteiger partial charge < -0.3 is 10.2 Å². The van der Waals surface area contributed by atoms with Crippen LogP contribution in [0.1, 0.15) is 0 Å². The summed E-state index contributed by atoms with van der Waals surface area (Å²) in [7, 11) is 5.45. The molecule has 1 aromatic heterocycles. The highest BCUT2D eigenvalue weighted by atomic mass is 79.9. The van der Waals surface area contributed by atoms with Gasteiger partial charge in [-0.15, -0.1) is 0 Å². The van der Waals surface area contributed by atoms with Crippen molar-refractivity contribution in [2.75, 3.05) is 32.1 Å². The van der Waals surface area contributed by atoms with Crippen LogP contribution in [0, 0.1) is 0 Å². The van der Waals surface area contributed by atoms with Crippen LogP contribution in [0.25, 0.3) is 0 Å². The summed E-state index contributed by atoms with van der Waals surface area (Å²) in [5.74, 6) is 0. The van der Waals surface area contributed by atoms with Crippen molar-refractivity contribution in [3.8, 4) is 0 Å². The van der Waals surface area contributed by atoms with Crippen LogP contribution < -0.4 is 15.8 Å². The summed E-state index contributed by atoms with van der Waals surface area (Å²) in [5, 5.41) is 7.03. The van der Waals surface area contributed by atoms with Crippen LogP contribution >= 0.6 is 15.9 Å². The Hall–Kier alpha value is -0.880. The predicted molar refractivity (Wildman–Crippen MR) is 64.4 cm³/mol. The van der Waals surface area contributed by atoms with E-state index in [4.69, 9.17) is 0 Å². The summed E-state index contributed by atoms with van der Waals surface area (Å²) in [4.78, 5) is 13.6. The van der Waals surface area contributed by atoms with Gasteiger partial charge in [0.15, 0.2) is 0 Å². The fourth-order valence-electron chi connectivity index (χ4n) is 1.17. The second-order valence-electron chi connectivity index (χ2n) is 3.30. The molecule has 0 aromatic carbocycles. The highest BCUT2D eigenvalue weighted by molar-refractivity contribution is 9.10. The van der Waals surface area contributed by atoms with Crippen LogP contribution in [0.2, 0.25) is 0 Å². The molecule has 0 amide bonds. The summed E-state index contributed by atoms with van der Waals surface area (Å²) >= 11 is 3.29. The number of nitrogens with zero attached hydrogens (tertiary/aromatic N) is 3. The van der Waals surface area contributed by atoms with Gasteiger partial charge in [0.25, 0.3) is 5.56 Å². The SMILES string of the molecule is CNCCN(C)c1cnn(C)c(=O)c1Br. The van der Waals surface area contributed by atoms with E-state index < -0.39 is 0 Å². The molecule has 5 nitrogen and oxygen atoms in total. The van der Waals surface area contributed by atoms with E-state index in [9.17, 15) is 4.79 Å². The van der Waals surface area contributed by atoms with Crippen molar-refractivity contribution >= 4 is 21.6 Å². The van der Waals surface area contributed by atoms with Gasteiger partial charge >= 0.3 is 0 Å². The third-order valence-electron chi connectivity index (χ3n) is 2.17. The number of halogens is 1. The molecule has 0 spiro atoms. The summed E-state index contributed by atoms with van der Waals surface area (Å²) < 4.78 is 1.86. The van der Waals surface area contributed by atoms with Gasteiger partial charge in [0.2, 0.25) is 0 Å². The summed E-state index contributed by atoms with van der Waals surface area (Å²) in [6, 6.07) is 0. The Kier molecular flexibility index (Phi) is 4.28. The normalized spacial score (nSPS) is 10.4. The summed E-state index contributed by atoms with van der Waals surface area (Å²) in [6.45, 7) is 1.68. The molecule has 0 saturated carbocycles. The van der Waals surface area contributed by atoms with E-state index in [0.29, 0.717) is 4.47 Å². The molecule has 0 bridgehead atoms. The standard InChI is InChI=1S/C9H15BrN4O/c1-11-4-5-13(2)7-6-12-14(3)9(15)8(7)10/h6,11H,4-5H2,1-3H3. The molecule has 0 atom stereocenters. The molecule has 1 aromatic rings. The molecule has 0 radical (unpaired) electrons.